The Balaban J connectivity index is 1.98. The number of hydrogen-bond acceptors (Lipinski definition) is 6. The third-order valence-corrected chi connectivity index (χ3v) is 3.03. The van der Waals surface area contributed by atoms with Crippen LogP contribution < -0.4 is 5.32 Å². The van der Waals surface area contributed by atoms with E-state index in [4.69, 9.17) is 32.5 Å². The number of rotatable bonds is 4. The molecule has 1 amide bonds. The zero-order valence-corrected chi connectivity index (χ0v) is 13.1. The minimum absolute atomic E-state index is 0.0835. The van der Waals surface area contributed by atoms with Crippen molar-refractivity contribution in [3.05, 3.63) is 39.8 Å². The van der Waals surface area contributed by atoms with Gasteiger partial charge in [-0.15, -0.1) is 0 Å². The number of esters is 1. The number of ether oxygens (including phenoxy) is 1. The zero-order chi connectivity index (χ0) is 16.3. The average Bonchev–Trinajstić information content (AvgIpc) is 2.88. The lowest BCUT2D eigenvalue weighted by Crippen LogP contribution is -2.30. The number of aromatic nitrogens is 2. The second-order valence-corrected chi connectivity index (χ2v) is 5.20. The molecule has 0 spiro atoms. The minimum atomic E-state index is -1.08. The number of nitrogens with zero attached hydrogens (tertiary/aromatic N) is 2. The molecule has 0 aliphatic heterocycles. The van der Waals surface area contributed by atoms with E-state index in [0.717, 1.165) is 0 Å². The number of aryl methyl sites for hydroxylation is 1. The lowest BCUT2D eigenvalue weighted by Gasteiger charge is -2.12. The summed E-state index contributed by atoms with van der Waals surface area (Å²) in [6.45, 7) is 3.06. The third-order valence-electron chi connectivity index (χ3n) is 2.53. The standard InChI is InChI=1S/C13H11Cl2N3O4/c1-6-3-10(22-18-6)13(20)21-7(2)12(19)17-11-9(15)4-8(14)5-16-11/h3-5,7H,1-2H3,(H,16,17,19)/t7-/m0/s1. The normalized spacial score (nSPS) is 11.8. The highest BCUT2D eigenvalue weighted by atomic mass is 35.5. The van der Waals surface area contributed by atoms with Gasteiger partial charge in [-0.05, 0) is 19.9 Å². The first-order chi connectivity index (χ1) is 10.4. The molecule has 116 valence electrons. The van der Waals surface area contributed by atoms with Crippen LogP contribution in [0.1, 0.15) is 23.2 Å². The first-order valence-electron chi connectivity index (χ1n) is 6.13. The van der Waals surface area contributed by atoms with Gasteiger partial charge in [0.15, 0.2) is 11.9 Å². The summed E-state index contributed by atoms with van der Waals surface area (Å²) in [7, 11) is 0. The first kappa shape index (κ1) is 16.3. The Hall–Kier alpha value is -2.12. The number of hydrogen-bond donors (Lipinski definition) is 1. The van der Waals surface area contributed by atoms with Gasteiger partial charge in [-0.25, -0.2) is 9.78 Å². The van der Waals surface area contributed by atoms with Gasteiger partial charge in [0, 0.05) is 12.3 Å². The van der Waals surface area contributed by atoms with Crippen molar-refractivity contribution in [1.29, 1.82) is 0 Å². The maximum atomic E-state index is 12.0. The van der Waals surface area contributed by atoms with E-state index < -0.39 is 18.0 Å². The van der Waals surface area contributed by atoms with E-state index in [0.29, 0.717) is 10.7 Å². The molecule has 0 unspecified atom stereocenters. The van der Waals surface area contributed by atoms with Crippen molar-refractivity contribution in [1.82, 2.24) is 10.1 Å². The van der Waals surface area contributed by atoms with Crippen molar-refractivity contribution in [2.75, 3.05) is 5.32 Å². The molecule has 1 N–H and O–H groups in total. The van der Waals surface area contributed by atoms with Crippen LogP contribution >= 0.6 is 23.2 Å². The van der Waals surface area contributed by atoms with Crippen molar-refractivity contribution in [3.63, 3.8) is 0 Å². The maximum absolute atomic E-state index is 12.0. The van der Waals surface area contributed by atoms with Gasteiger partial charge in [0.1, 0.15) is 0 Å². The highest BCUT2D eigenvalue weighted by Gasteiger charge is 2.22. The monoisotopic (exact) mass is 343 g/mol. The smallest absolute Gasteiger partial charge is 0.377 e. The van der Waals surface area contributed by atoms with Crippen LogP contribution in [0, 0.1) is 6.92 Å². The largest absolute Gasteiger partial charge is 0.447 e. The Labute approximate surface area is 135 Å². The molecule has 2 heterocycles. The molecular formula is C13H11Cl2N3O4. The van der Waals surface area contributed by atoms with Crippen LogP contribution in [-0.2, 0) is 9.53 Å². The van der Waals surface area contributed by atoms with E-state index in [1.165, 1.54) is 25.3 Å². The topological polar surface area (TPSA) is 94.3 Å². The molecule has 0 aliphatic carbocycles. The average molecular weight is 344 g/mol. The van der Waals surface area contributed by atoms with Crippen molar-refractivity contribution in [2.45, 2.75) is 20.0 Å². The number of carbonyl (C=O) groups excluding carboxylic acids is 2. The maximum Gasteiger partial charge on any atom is 0.377 e. The number of carbonyl (C=O) groups is 2. The molecule has 22 heavy (non-hydrogen) atoms. The van der Waals surface area contributed by atoms with Crippen LogP contribution in [-0.4, -0.2) is 28.1 Å². The van der Waals surface area contributed by atoms with Crippen molar-refractivity contribution < 1.29 is 18.8 Å². The molecular weight excluding hydrogens is 333 g/mol. The fourth-order valence-electron chi connectivity index (χ4n) is 1.46. The molecule has 2 aromatic heterocycles. The van der Waals surface area contributed by atoms with E-state index in [9.17, 15) is 9.59 Å². The second-order valence-electron chi connectivity index (χ2n) is 4.35. The van der Waals surface area contributed by atoms with Gasteiger partial charge in [0.25, 0.3) is 5.91 Å². The number of nitrogens with one attached hydrogen (secondary N) is 1. The Morgan fingerprint density at radius 1 is 1.36 bits per heavy atom. The SMILES string of the molecule is Cc1cc(C(=O)O[C@@H](C)C(=O)Nc2ncc(Cl)cc2Cl)on1. The Kier molecular flexibility index (Phi) is 4.99. The minimum Gasteiger partial charge on any atom is -0.447 e. The summed E-state index contributed by atoms with van der Waals surface area (Å²) in [6, 6.07) is 2.84. The molecule has 0 radical (unpaired) electrons. The van der Waals surface area contributed by atoms with Crippen molar-refractivity contribution in [3.8, 4) is 0 Å². The molecule has 0 saturated carbocycles. The van der Waals surface area contributed by atoms with Gasteiger partial charge in [0.2, 0.25) is 5.76 Å². The number of pyridine rings is 1. The van der Waals surface area contributed by atoms with Gasteiger partial charge in [0.05, 0.1) is 15.7 Å². The highest BCUT2D eigenvalue weighted by Crippen LogP contribution is 2.22. The predicted octanol–water partition coefficient (Wildman–Crippen LogP) is 2.87. The zero-order valence-electron chi connectivity index (χ0n) is 11.6. The number of anilines is 1. The molecule has 0 fully saturated rings. The second kappa shape index (κ2) is 6.76. The lowest BCUT2D eigenvalue weighted by atomic mass is 10.3. The van der Waals surface area contributed by atoms with Crippen LogP contribution in [0.4, 0.5) is 5.82 Å². The van der Waals surface area contributed by atoms with E-state index >= 15 is 0 Å². The molecule has 1 atom stereocenters. The Morgan fingerprint density at radius 3 is 2.68 bits per heavy atom. The molecule has 0 bridgehead atoms. The summed E-state index contributed by atoms with van der Waals surface area (Å²) >= 11 is 11.6. The summed E-state index contributed by atoms with van der Waals surface area (Å²) in [6.07, 6.45) is 0.253. The van der Waals surface area contributed by atoms with Crippen LogP contribution in [0.25, 0.3) is 0 Å². The summed E-state index contributed by atoms with van der Waals surface area (Å²) in [4.78, 5) is 27.6. The van der Waals surface area contributed by atoms with Crippen LogP contribution in [0.15, 0.2) is 22.9 Å². The van der Waals surface area contributed by atoms with Crippen LogP contribution in [0.2, 0.25) is 10.0 Å². The molecule has 7 nitrogen and oxygen atoms in total. The van der Waals surface area contributed by atoms with Crippen molar-refractivity contribution in [2.24, 2.45) is 0 Å². The first-order valence-corrected chi connectivity index (χ1v) is 6.88. The Bertz CT molecular complexity index is 717. The summed E-state index contributed by atoms with van der Waals surface area (Å²) in [5.41, 5.74) is 0.529. The lowest BCUT2D eigenvalue weighted by molar-refractivity contribution is -0.123. The van der Waals surface area contributed by atoms with Gasteiger partial charge >= 0.3 is 5.97 Å². The van der Waals surface area contributed by atoms with Gasteiger partial charge < -0.3 is 14.6 Å². The van der Waals surface area contributed by atoms with E-state index in [1.807, 2.05) is 0 Å². The Morgan fingerprint density at radius 2 is 2.09 bits per heavy atom. The predicted molar refractivity (Wildman–Crippen MR) is 79.0 cm³/mol. The molecule has 9 heteroatoms. The van der Waals surface area contributed by atoms with Gasteiger partial charge in [-0.2, -0.15) is 0 Å². The van der Waals surface area contributed by atoms with Gasteiger partial charge in [-0.1, -0.05) is 28.4 Å². The molecule has 2 aromatic rings. The van der Waals surface area contributed by atoms with Gasteiger partial charge in [-0.3, -0.25) is 4.79 Å². The van der Waals surface area contributed by atoms with Crippen LogP contribution in [0.5, 0.6) is 0 Å². The quantitative estimate of drug-likeness (QED) is 0.857. The summed E-state index contributed by atoms with van der Waals surface area (Å²) in [5.74, 6) is -1.35. The molecule has 0 aliphatic rings. The van der Waals surface area contributed by atoms with E-state index in [2.05, 4.69) is 15.5 Å². The summed E-state index contributed by atoms with van der Waals surface area (Å²) < 4.78 is 9.72. The molecule has 0 saturated heterocycles. The number of amides is 1. The van der Waals surface area contributed by atoms with Crippen molar-refractivity contribution >= 4 is 40.9 Å². The van der Waals surface area contributed by atoms with E-state index in [-0.39, 0.29) is 16.6 Å². The van der Waals surface area contributed by atoms with E-state index in [1.54, 1.807) is 6.92 Å². The highest BCUT2D eigenvalue weighted by molar-refractivity contribution is 6.36. The fourth-order valence-corrected chi connectivity index (χ4v) is 1.88. The third kappa shape index (κ3) is 3.96. The molecule has 2 rings (SSSR count). The summed E-state index contributed by atoms with van der Waals surface area (Å²) in [5, 5.41) is 6.50. The van der Waals surface area contributed by atoms with Crippen LogP contribution in [0.3, 0.4) is 0 Å². The fraction of sp³-hybridized carbons (Fsp3) is 0.231. The molecule has 0 aromatic carbocycles. The number of halogens is 2.